The van der Waals surface area contributed by atoms with Crippen molar-refractivity contribution in [3.8, 4) is 0 Å². The Morgan fingerprint density at radius 3 is 2.31 bits per heavy atom. The maximum absolute atomic E-state index is 14.0. The SMILES string of the molecule is CCc1ccc(N(C(=O)c2snc(C(N)=O)c2N)[C@H](C(=O)NC2CCCC2)c2ccc(Cl)cc2)cc1. The van der Waals surface area contributed by atoms with Crippen LogP contribution in [0.15, 0.2) is 48.5 Å². The fourth-order valence-electron chi connectivity index (χ4n) is 4.43. The van der Waals surface area contributed by atoms with Crippen LogP contribution in [0.25, 0.3) is 0 Å². The van der Waals surface area contributed by atoms with Crippen molar-refractivity contribution >= 4 is 52.2 Å². The van der Waals surface area contributed by atoms with Gasteiger partial charge in [0.2, 0.25) is 5.91 Å². The smallest absolute Gasteiger partial charge is 0.273 e. The number of anilines is 2. The third-order valence-corrected chi connectivity index (χ3v) is 7.49. The summed E-state index contributed by atoms with van der Waals surface area (Å²) in [5, 5.41) is 3.64. The van der Waals surface area contributed by atoms with E-state index in [1.165, 1.54) is 4.90 Å². The van der Waals surface area contributed by atoms with Gasteiger partial charge in [0.25, 0.3) is 11.8 Å². The Morgan fingerprint density at radius 1 is 1.11 bits per heavy atom. The summed E-state index contributed by atoms with van der Waals surface area (Å²) in [5.41, 5.74) is 13.4. The quantitative estimate of drug-likeness (QED) is 0.399. The largest absolute Gasteiger partial charge is 0.395 e. The van der Waals surface area contributed by atoms with Crippen LogP contribution in [0.4, 0.5) is 11.4 Å². The van der Waals surface area contributed by atoms with Crippen molar-refractivity contribution < 1.29 is 14.4 Å². The molecule has 1 atom stereocenters. The van der Waals surface area contributed by atoms with Gasteiger partial charge < -0.3 is 16.8 Å². The van der Waals surface area contributed by atoms with E-state index in [1.54, 1.807) is 36.4 Å². The van der Waals surface area contributed by atoms with E-state index in [1.807, 2.05) is 19.1 Å². The topological polar surface area (TPSA) is 131 Å². The number of amides is 3. The first-order chi connectivity index (χ1) is 17.3. The lowest BCUT2D eigenvalue weighted by atomic mass is 10.0. The number of halogens is 1. The third-order valence-electron chi connectivity index (χ3n) is 6.39. The van der Waals surface area contributed by atoms with Crippen molar-refractivity contribution in [3.05, 3.63) is 75.3 Å². The molecule has 188 valence electrons. The number of hydrogen-bond donors (Lipinski definition) is 3. The zero-order valence-electron chi connectivity index (χ0n) is 19.9. The molecule has 0 aliphatic heterocycles. The average Bonchev–Trinajstić information content (AvgIpc) is 3.52. The molecule has 0 radical (unpaired) electrons. The molecule has 0 unspecified atom stereocenters. The summed E-state index contributed by atoms with van der Waals surface area (Å²) in [7, 11) is 0. The molecule has 1 aliphatic rings. The zero-order chi connectivity index (χ0) is 25.8. The molecule has 10 heteroatoms. The number of carbonyl (C=O) groups excluding carboxylic acids is 3. The maximum Gasteiger partial charge on any atom is 0.273 e. The highest BCUT2D eigenvalue weighted by atomic mass is 35.5. The molecule has 5 N–H and O–H groups in total. The molecule has 3 aromatic rings. The highest BCUT2D eigenvalue weighted by Crippen LogP contribution is 2.34. The summed E-state index contributed by atoms with van der Waals surface area (Å²) in [6.45, 7) is 2.03. The normalized spacial score (nSPS) is 14.4. The van der Waals surface area contributed by atoms with Crippen LogP contribution in [0.3, 0.4) is 0 Å². The summed E-state index contributed by atoms with van der Waals surface area (Å²) in [4.78, 5) is 41.0. The van der Waals surface area contributed by atoms with Gasteiger partial charge in [-0.05, 0) is 66.2 Å². The van der Waals surface area contributed by atoms with E-state index in [0.29, 0.717) is 16.3 Å². The highest BCUT2D eigenvalue weighted by Gasteiger charge is 2.37. The first-order valence-electron chi connectivity index (χ1n) is 11.8. The van der Waals surface area contributed by atoms with Crippen LogP contribution in [0.5, 0.6) is 0 Å². The number of nitrogens with zero attached hydrogens (tertiary/aromatic N) is 2. The lowest BCUT2D eigenvalue weighted by Crippen LogP contribution is -2.46. The summed E-state index contributed by atoms with van der Waals surface area (Å²) in [5.74, 6) is -1.69. The Bertz CT molecular complexity index is 1250. The number of hydrogen-bond acceptors (Lipinski definition) is 6. The molecular weight excluding hydrogens is 498 g/mol. The lowest BCUT2D eigenvalue weighted by molar-refractivity contribution is -0.123. The van der Waals surface area contributed by atoms with Gasteiger partial charge in [0.1, 0.15) is 10.9 Å². The second-order valence-corrected chi connectivity index (χ2v) is 9.99. The summed E-state index contributed by atoms with van der Waals surface area (Å²) >= 11 is 6.91. The number of primary amides is 1. The van der Waals surface area contributed by atoms with Crippen LogP contribution in [-0.4, -0.2) is 28.1 Å². The number of aromatic nitrogens is 1. The Morgan fingerprint density at radius 2 is 1.75 bits per heavy atom. The fourth-order valence-corrected chi connectivity index (χ4v) is 5.30. The van der Waals surface area contributed by atoms with Crippen molar-refractivity contribution in [2.75, 3.05) is 10.6 Å². The first-order valence-corrected chi connectivity index (χ1v) is 13.0. The molecule has 0 spiro atoms. The zero-order valence-corrected chi connectivity index (χ0v) is 21.4. The molecule has 4 rings (SSSR count). The molecular formula is C26H28ClN5O3S. The van der Waals surface area contributed by atoms with Gasteiger partial charge in [-0.1, -0.05) is 55.6 Å². The van der Waals surface area contributed by atoms with Crippen LogP contribution in [0, 0.1) is 0 Å². The average molecular weight is 526 g/mol. The molecule has 1 fully saturated rings. The molecule has 2 aromatic carbocycles. The van der Waals surface area contributed by atoms with E-state index in [0.717, 1.165) is 49.2 Å². The predicted molar refractivity (Wildman–Crippen MR) is 142 cm³/mol. The van der Waals surface area contributed by atoms with Crippen LogP contribution in [-0.2, 0) is 11.2 Å². The highest BCUT2D eigenvalue weighted by molar-refractivity contribution is 7.09. The van der Waals surface area contributed by atoms with Gasteiger partial charge >= 0.3 is 0 Å². The van der Waals surface area contributed by atoms with Crippen molar-refractivity contribution in [1.82, 2.24) is 9.69 Å². The molecule has 1 saturated carbocycles. The number of rotatable bonds is 8. The number of benzene rings is 2. The van der Waals surface area contributed by atoms with Gasteiger partial charge in [-0.2, -0.15) is 4.37 Å². The number of aryl methyl sites for hydroxylation is 1. The van der Waals surface area contributed by atoms with Gasteiger partial charge in [-0.3, -0.25) is 19.3 Å². The number of nitrogen functional groups attached to an aromatic ring is 1. The molecule has 3 amide bonds. The lowest BCUT2D eigenvalue weighted by Gasteiger charge is -2.32. The maximum atomic E-state index is 14.0. The van der Waals surface area contributed by atoms with Crippen LogP contribution in [0.2, 0.25) is 5.02 Å². The van der Waals surface area contributed by atoms with Gasteiger partial charge in [-0.25, -0.2) is 0 Å². The Balaban J connectivity index is 1.84. The monoisotopic (exact) mass is 525 g/mol. The minimum Gasteiger partial charge on any atom is -0.395 e. The first kappa shape index (κ1) is 25.7. The van der Waals surface area contributed by atoms with Gasteiger partial charge in [-0.15, -0.1) is 0 Å². The molecule has 1 aromatic heterocycles. The summed E-state index contributed by atoms with van der Waals surface area (Å²) < 4.78 is 3.99. The van der Waals surface area contributed by atoms with E-state index >= 15 is 0 Å². The van der Waals surface area contributed by atoms with Gasteiger partial charge in [0.05, 0.1) is 5.69 Å². The Hall–Kier alpha value is -3.43. The van der Waals surface area contributed by atoms with Crippen molar-refractivity contribution in [1.29, 1.82) is 0 Å². The van der Waals surface area contributed by atoms with Gasteiger partial charge in [0, 0.05) is 16.8 Å². The minimum atomic E-state index is -1.01. The molecule has 0 saturated heterocycles. The van der Waals surface area contributed by atoms with E-state index < -0.39 is 17.9 Å². The van der Waals surface area contributed by atoms with Crippen molar-refractivity contribution in [3.63, 3.8) is 0 Å². The fraction of sp³-hybridized carbons (Fsp3) is 0.308. The van der Waals surface area contributed by atoms with E-state index in [-0.39, 0.29) is 28.2 Å². The van der Waals surface area contributed by atoms with Crippen LogP contribution in [0.1, 0.15) is 69.9 Å². The molecule has 1 aliphatic carbocycles. The molecule has 8 nitrogen and oxygen atoms in total. The Kier molecular flexibility index (Phi) is 7.91. The molecule has 0 bridgehead atoms. The molecule has 1 heterocycles. The second-order valence-electron chi connectivity index (χ2n) is 8.78. The van der Waals surface area contributed by atoms with E-state index in [9.17, 15) is 14.4 Å². The van der Waals surface area contributed by atoms with Crippen LogP contribution >= 0.6 is 23.1 Å². The van der Waals surface area contributed by atoms with E-state index in [4.69, 9.17) is 23.1 Å². The van der Waals surface area contributed by atoms with E-state index in [2.05, 4.69) is 9.69 Å². The van der Waals surface area contributed by atoms with Crippen molar-refractivity contribution in [2.45, 2.75) is 51.1 Å². The standard InChI is InChI=1S/C26H28ClN5O3S/c1-2-15-7-13-19(14-8-15)32(26(35)23-20(28)21(24(29)33)31-36-23)22(16-9-11-17(27)12-10-16)25(34)30-18-5-3-4-6-18/h7-14,18,22H,2-6,28H2,1H3,(H2,29,33)(H,30,34)/t22-/m0/s1. The summed E-state index contributed by atoms with van der Waals surface area (Å²) in [6, 6.07) is 13.3. The number of carbonyl (C=O) groups is 3. The summed E-state index contributed by atoms with van der Waals surface area (Å²) in [6.07, 6.45) is 4.70. The third kappa shape index (κ3) is 5.37. The predicted octanol–water partition coefficient (Wildman–Crippen LogP) is 4.49. The second kappa shape index (κ2) is 11.1. The van der Waals surface area contributed by atoms with Crippen LogP contribution < -0.4 is 21.7 Å². The Labute approximate surface area is 218 Å². The van der Waals surface area contributed by atoms with Gasteiger partial charge in [0.15, 0.2) is 5.69 Å². The number of nitrogens with two attached hydrogens (primary N) is 2. The minimum absolute atomic E-state index is 0.0380. The number of nitrogens with one attached hydrogen (secondary N) is 1. The van der Waals surface area contributed by atoms with Crippen molar-refractivity contribution in [2.24, 2.45) is 5.73 Å². The molecule has 36 heavy (non-hydrogen) atoms.